The highest BCUT2D eigenvalue weighted by Gasteiger charge is 2.19. The Morgan fingerprint density at radius 1 is 0.577 bits per heavy atom. The Hall–Kier alpha value is -5.32. The monoisotopic (exact) mass is 694 g/mol. The van der Waals surface area contributed by atoms with Crippen molar-refractivity contribution < 1.29 is 9.59 Å². The van der Waals surface area contributed by atoms with E-state index in [1.54, 1.807) is 0 Å². The molecule has 10 nitrogen and oxygen atoms in total. The van der Waals surface area contributed by atoms with Crippen LogP contribution in [0.25, 0.3) is 56.0 Å². The van der Waals surface area contributed by atoms with Crippen molar-refractivity contribution in [2.45, 2.75) is 25.7 Å². The normalized spacial score (nSPS) is 16.4. The van der Waals surface area contributed by atoms with E-state index in [1.807, 2.05) is 48.5 Å². The number of piperidine rings is 2. The highest BCUT2D eigenvalue weighted by atomic mass is 16.2. The second kappa shape index (κ2) is 14.7. The van der Waals surface area contributed by atoms with Crippen molar-refractivity contribution in [2.24, 2.45) is 11.8 Å². The van der Waals surface area contributed by atoms with Gasteiger partial charge in [-0.1, -0.05) is 36.4 Å². The molecule has 8 rings (SSSR count). The van der Waals surface area contributed by atoms with Gasteiger partial charge in [0.05, 0.1) is 22.1 Å². The molecular formula is C42H46N8O2. The summed E-state index contributed by atoms with van der Waals surface area (Å²) in [4.78, 5) is 47.0. The van der Waals surface area contributed by atoms with Crippen molar-refractivity contribution in [1.29, 1.82) is 0 Å². The lowest BCUT2D eigenvalue weighted by Gasteiger charge is -2.28. The molecule has 0 atom stereocenters. The molecule has 2 aliphatic rings. The summed E-state index contributed by atoms with van der Waals surface area (Å²) in [7, 11) is 4.30. The SMILES string of the molecule is CN1CCC(CNC(=O)c2ccc(-c3nc4cc(-c5ccc6[nH]c(-c7ccc(C(=O)NCC8CCN(C)CC8)cc7)nc6c5)ccc4[nH]3)cc2)CC1. The molecular weight excluding hydrogens is 649 g/mol. The predicted molar refractivity (Wildman–Crippen MR) is 207 cm³/mol. The molecule has 0 saturated carbocycles. The van der Waals surface area contributed by atoms with Crippen LogP contribution in [0.5, 0.6) is 0 Å². The molecule has 2 aromatic heterocycles. The van der Waals surface area contributed by atoms with Crippen molar-refractivity contribution in [3.63, 3.8) is 0 Å². The van der Waals surface area contributed by atoms with Crippen LogP contribution in [0.1, 0.15) is 46.4 Å². The zero-order valence-electron chi connectivity index (χ0n) is 29.9. The molecule has 266 valence electrons. The number of aromatic nitrogens is 4. The summed E-state index contributed by atoms with van der Waals surface area (Å²) in [6.45, 7) is 5.81. The number of nitrogens with one attached hydrogen (secondary N) is 4. The summed E-state index contributed by atoms with van der Waals surface area (Å²) in [6.07, 6.45) is 4.50. The Morgan fingerprint density at radius 3 is 1.33 bits per heavy atom. The topological polar surface area (TPSA) is 122 Å². The summed E-state index contributed by atoms with van der Waals surface area (Å²) in [5.74, 6) is 2.55. The molecule has 6 aromatic rings. The molecule has 2 amide bonds. The highest BCUT2D eigenvalue weighted by molar-refractivity contribution is 5.95. The van der Waals surface area contributed by atoms with E-state index in [1.165, 1.54) is 0 Å². The summed E-state index contributed by atoms with van der Waals surface area (Å²) < 4.78 is 0. The number of rotatable bonds is 9. The molecule has 2 saturated heterocycles. The molecule has 4 aromatic carbocycles. The van der Waals surface area contributed by atoms with Crippen LogP contribution in [-0.2, 0) is 0 Å². The Balaban J connectivity index is 0.915. The van der Waals surface area contributed by atoms with Crippen LogP contribution in [0.3, 0.4) is 0 Å². The van der Waals surface area contributed by atoms with Gasteiger partial charge in [-0.2, -0.15) is 0 Å². The molecule has 0 aliphatic carbocycles. The van der Waals surface area contributed by atoms with Gasteiger partial charge in [-0.25, -0.2) is 9.97 Å². The minimum absolute atomic E-state index is 0.0309. The minimum Gasteiger partial charge on any atom is -0.352 e. The summed E-state index contributed by atoms with van der Waals surface area (Å²) >= 11 is 0. The Bertz CT molecular complexity index is 2030. The Kier molecular flexibility index (Phi) is 9.58. The van der Waals surface area contributed by atoms with Crippen LogP contribution >= 0.6 is 0 Å². The maximum absolute atomic E-state index is 12.8. The molecule has 0 unspecified atom stereocenters. The number of hydrogen-bond acceptors (Lipinski definition) is 6. The van der Waals surface area contributed by atoms with E-state index in [2.05, 4.69) is 80.9 Å². The third-order valence-corrected chi connectivity index (χ3v) is 10.9. The van der Waals surface area contributed by atoms with E-state index >= 15 is 0 Å². The van der Waals surface area contributed by atoms with E-state index in [0.29, 0.717) is 23.0 Å². The van der Waals surface area contributed by atoms with Gasteiger partial charge in [-0.15, -0.1) is 0 Å². The number of carbonyl (C=O) groups excluding carboxylic acids is 2. The third-order valence-electron chi connectivity index (χ3n) is 10.9. The largest absolute Gasteiger partial charge is 0.352 e. The van der Waals surface area contributed by atoms with E-state index in [4.69, 9.17) is 9.97 Å². The van der Waals surface area contributed by atoms with Crippen molar-refractivity contribution in [1.82, 2.24) is 40.4 Å². The fourth-order valence-electron chi connectivity index (χ4n) is 7.41. The van der Waals surface area contributed by atoms with E-state index in [-0.39, 0.29) is 11.8 Å². The molecule has 2 aliphatic heterocycles. The number of fused-ring (bicyclic) bond motifs is 2. The van der Waals surface area contributed by atoms with E-state index < -0.39 is 0 Å². The van der Waals surface area contributed by atoms with Crippen molar-refractivity contribution in [3.05, 3.63) is 96.1 Å². The average Bonchev–Trinajstić information content (AvgIpc) is 3.81. The zero-order valence-corrected chi connectivity index (χ0v) is 29.9. The summed E-state index contributed by atoms with van der Waals surface area (Å²) in [5.41, 5.74) is 8.88. The van der Waals surface area contributed by atoms with Crippen LogP contribution in [0.4, 0.5) is 0 Å². The number of nitrogens with zero attached hydrogens (tertiary/aromatic N) is 4. The lowest BCUT2D eigenvalue weighted by atomic mass is 9.97. The molecule has 0 spiro atoms. The second-order valence-corrected chi connectivity index (χ2v) is 14.7. The van der Waals surface area contributed by atoms with Crippen LogP contribution in [0.2, 0.25) is 0 Å². The van der Waals surface area contributed by atoms with Crippen LogP contribution < -0.4 is 10.6 Å². The number of amides is 2. The zero-order chi connectivity index (χ0) is 35.6. The molecule has 10 heteroatoms. The number of carbonyl (C=O) groups is 2. The first-order valence-corrected chi connectivity index (χ1v) is 18.5. The highest BCUT2D eigenvalue weighted by Crippen LogP contribution is 2.30. The molecule has 0 radical (unpaired) electrons. The van der Waals surface area contributed by atoms with Gasteiger partial charge in [0.15, 0.2) is 0 Å². The number of imidazole rings is 2. The van der Waals surface area contributed by atoms with Gasteiger partial charge in [-0.05, 0) is 137 Å². The maximum Gasteiger partial charge on any atom is 0.251 e. The first-order valence-electron chi connectivity index (χ1n) is 18.5. The fourth-order valence-corrected chi connectivity index (χ4v) is 7.41. The molecule has 4 heterocycles. The first kappa shape index (κ1) is 33.8. The van der Waals surface area contributed by atoms with E-state index in [0.717, 1.165) is 121 Å². The molecule has 2 fully saturated rings. The number of H-pyrrole nitrogens is 2. The van der Waals surface area contributed by atoms with Gasteiger partial charge in [0, 0.05) is 35.3 Å². The summed E-state index contributed by atoms with van der Waals surface area (Å²) in [5, 5.41) is 6.25. The molecule has 4 N–H and O–H groups in total. The lowest BCUT2D eigenvalue weighted by molar-refractivity contribution is 0.0931. The smallest absolute Gasteiger partial charge is 0.251 e. The van der Waals surface area contributed by atoms with Crippen molar-refractivity contribution >= 4 is 33.9 Å². The van der Waals surface area contributed by atoms with Crippen LogP contribution in [-0.4, -0.2) is 94.9 Å². The van der Waals surface area contributed by atoms with Crippen molar-refractivity contribution in [2.75, 3.05) is 53.4 Å². The van der Waals surface area contributed by atoms with Crippen LogP contribution in [0, 0.1) is 11.8 Å². The van der Waals surface area contributed by atoms with Gasteiger partial charge in [0.25, 0.3) is 11.8 Å². The standard InChI is InChI=1S/C42H46N8O2/c1-49-19-15-27(16-20-49)25-43-41(51)31-7-3-29(4-8-31)39-45-35-13-11-33(23-37(35)47-39)34-12-14-36-38(24-34)48-40(46-36)30-5-9-32(10-6-30)42(52)44-26-28-17-21-50(2)22-18-28/h3-14,23-24,27-28H,15-22,25-26H2,1-2H3,(H,43,51)(H,44,52)(H,45,47)(H,46,48). The van der Waals surface area contributed by atoms with Crippen molar-refractivity contribution in [3.8, 4) is 33.9 Å². The average molecular weight is 695 g/mol. The predicted octanol–water partition coefficient (Wildman–Crippen LogP) is 6.58. The quantitative estimate of drug-likeness (QED) is 0.136. The van der Waals surface area contributed by atoms with Gasteiger partial charge < -0.3 is 30.4 Å². The van der Waals surface area contributed by atoms with Gasteiger partial charge >= 0.3 is 0 Å². The number of hydrogen-bond donors (Lipinski definition) is 4. The fraction of sp³-hybridized carbons (Fsp3) is 0.333. The second-order valence-electron chi connectivity index (χ2n) is 14.7. The summed E-state index contributed by atoms with van der Waals surface area (Å²) in [6, 6.07) is 27.7. The van der Waals surface area contributed by atoms with E-state index in [9.17, 15) is 9.59 Å². The first-order chi connectivity index (χ1) is 25.3. The number of benzene rings is 4. The minimum atomic E-state index is -0.0309. The van der Waals surface area contributed by atoms with Gasteiger partial charge in [0.1, 0.15) is 11.6 Å². The molecule has 0 bridgehead atoms. The van der Waals surface area contributed by atoms with Gasteiger partial charge in [0.2, 0.25) is 0 Å². The Morgan fingerprint density at radius 2 is 0.942 bits per heavy atom. The maximum atomic E-state index is 12.8. The number of aromatic amines is 2. The van der Waals surface area contributed by atoms with Crippen LogP contribution in [0.15, 0.2) is 84.9 Å². The molecule has 52 heavy (non-hydrogen) atoms. The number of likely N-dealkylation sites (tertiary alicyclic amines) is 2. The Labute approximate surface area is 304 Å². The van der Waals surface area contributed by atoms with Gasteiger partial charge in [-0.3, -0.25) is 9.59 Å². The lowest BCUT2D eigenvalue weighted by Crippen LogP contribution is -2.36. The third kappa shape index (κ3) is 7.49.